The maximum atomic E-state index is 13.3. The maximum Gasteiger partial charge on any atom is 0.309 e. The van der Waals surface area contributed by atoms with Crippen LogP contribution < -0.4 is 0 Å². The normalized spacial score (nSPS) is 39.7. The molecule has 4 fully saturated rings. The van der Waals surface area contributed by atoms with Crippen molar-refractivity contribution in [3.05, 3.63) is 0 Å². The standard InChI is InChI=1S/C31H53ClN2O8/c1-37-26-19-22(8-9-25(26)32)31(36)42-24-7-4-17-40-28-21-23(20-27(38-2)29(28)39-3)30(35)41-18-6-13-33-11-5-12-34(14-10-24)16-15-33/h22-29H,4-21H2,1-3H3. The minimum Gasteiger partial charge on any atom is -0.465 e. The Morgan fingerprint density at radius 1 is 0.786 bits per heavy atom. The lowest BCUT2D eigenvalue weighted by Crippen LogP contribution is -2.49. The topological polar surface area (TPSA) is 96.0 Å². The molecule has 10 unspecified atom stereocenters. The van der Waals surface area contributed by atoms with Crippen molar-refractivity contribution in [3.63, 3.8) is 0 Å². The van der Waals surface area contributed by atoms with Crippen molar-refractivity contribution in [1.29, 1.82) is 0 Å². The minimum absolute atomic E-state index is 0.0610. The molecular weight excluding hydrogens is 564 g/mol. The highest BCUT2D eigenvalue weighted by Gasteiger charge is 2.42. The van der Waals surface area contributed by atoms with Gasteiger partial charge in [0.05, 0.1) is 42.1 Å². The van der Waals surface area contributed by atoms with E-state index in [4.69, 9.17) is 40.0 Å². The van der Waals surface area contributed by atoms with E-state index in [-0.39, 0.29) is 59.7 Å². The van der Waals surface area contributed by atoms with E-state index >= 15 is 0 Å². The van der Waals surface area contributed by atoms with E-state index in [2.05, 4.69) is 9.80 Å². The first-order valence-corrected chi connectivity index (χ1v) is 16.5. The van der Waals surface area contributed by atoms with Gasteiger partial charge in [0.2, 0.25) is 0 Å². The molecule has 2 aliphatic heterocycles. The smallest absolute Gasteiger partial charge is 0.309 e. The fourth-order valence-corrected chi connectivity index (χ4v) is 7.38. The number of carbonyl (C=O) groups excluding carboxylic acids is 2. The van der Waals surface area contributed by atoms with Crippen LogP contribution in [0, 0.1) is 11.8 Å². The summed E-state index contributed by atoms with van der Waals surface area (Å²) in [5, 5.41) is -0.0610. The van der Waals surface area contributed by atoms with Crippen LogP contribution >= 0.6 is 11.6 Å². The average molecular weight is 617 g/mol. The Bertz CT molecular complexity index is 837. The number of hydrogen-bond acceptors (Lipinski definition) is 10. The summed E-state index contributed by atoms with van der Waals surface area (Å²) in [5.41, 5.74) is 0. The summed E-state index contributed by atoms with van der Waals surface area (Å²) < 4.78 is 35.3. The average Bonchev–Trinajstić information content (AvgIpc) is 3.24. The predicted octanol–water partition coefficient (Wildman–Crippen LogP) is 3.27. The van der Waals surface area contributed by atoms with Crippen molar-refractivity contribution >= 4 is 23.5 Å². The van der Waals surface area contributed by atoms with E-state index in [1.807, 2.05) is 0 Å². The summed E-state index contributed by atoms with van der Waals surface area (Å²) in [6, 6.07) is 0. The van der Waals surface area contributed by atoms with Crippen LogP contribution in [0.2, 0.25) is 0 Å². The molecule has 10 nitrogen and oxygen atoms in total. The van der Waals surface area contributed by atoms with Gasteiger partial charge >= 0.3 is 11.9 Å². The van der Waals surface area contributed by atoms with Gasteiger partial charge in [0, 0.05) is 54.1 Å². The Hall–Kier alpha value is -1.01. The fraction of sp³-hybridized carbons (Fsp3) is 0.935. The molecule has 0 radical (unpaired) electrons. The van der Waals surface area contributed by atoms with Crippen LogP contribution in [0.1, 0.15) is 64.2 Å². The van der Waals surface area contributed by atoms with Gasteiger partial charge in [-0.1, -0.05) is 0 Å². The first-order chi connectivity index (χ1) is 20.4. The molecule has 2 saturated heterocycles. The minimum atomic E-state index is -0.284. The highest BCUT2D eigenvalue weighted by molar-refractivity contribution is 6.21. The molecule has 4 rings (SSSR count). The monoisotopic (exact) mass is 616 g/mol. The lowest BCUT2D eigenvalue weighted by Gasteiger charge is -2.39. The molecule has 4 aliphatic rings. The Morgan fingerprint density at radius 3 is 2.26 bits per heavy atom. The van der Waals surface area contributed by atoms with Gasteiger partial charge in [0.25, 0.3) is 0 Å². The lowest BCUT2D eigenvalue weighted by atomic mass is 9.83. The van der Waals surface area contributed by atoms with Gasteiger partial charge in [-0.15, -0.1) is 11.6 Å². The van der Waals surface area contributed by atoms with Gasteiger partial charge in [-0.05, 0) is 77.3 Å². The molecule has 10 atom stereocenters. The molecule has 2 heterocycles. The van der Waals surface area contributed by atoms with Gasteiger partial charge in [-0.2, -0.15) is 0 Å². The summed E-state index contributed by atoms with van der Waals surface area (Å²) in [5.74, 6) is -0.779. The maximum absolute atomic E-state index is 13.3. The Labute approximate surface area is 256 Å². The van der Waals surface area contributed by atoms with Crippen LogP contribution in [-0.2, 0) is 38.0 Å². The highest BCUT2D eigenvalue weighted by Crippen LogP contribution is 2.33. The number of carbonyl (C=O) groups is 2. The van der Waals surface area contributed by atoms with Crippen molar-refractivity contribution in [2.75, 3.05) is 73.8 Å². The summed E-state index contributed by atoms with van der Waals surface area (Å²) in [6.07, 6.45) is 6.27. The number of nitrogens with zero attached hydrogens (tertiary/aromatic N) is 2. The molecule has 0 aromatic carbocycles. The Morgan fingerprint density at radius 2 is 1.52 bits per heavy atom. The zero-order chi connectivity index (χ0) is 29.9. The third kappa shape index (κ3) is 9.74. The number of esters is 2. The molecule has 4 bridgehead atoms. The predicted molar refractivity (Wildman–Crippen MR) is 159 cm³/mol. The largest absolute Gasteiger partial charge is 0.465 e. The Kier molecular flexibility index (Phi) is 14.1. The van der Waals surface area contributed by atoms with Gasteiger partial charge in [-0.3, -0.25) is 9.59 Å². The van der Waals surface area contributed by atoms with Gasteiger partial charge in [0.15, 0.2) is 0 Å². The molecule has 0 aromatic heterocycles. The third-order valence-corrected chi connectivity index (χ3v) is 10.1. The van der Waals surface area contributed by atoms with Crippen molar-refractivity contribution in [2.45, 2.75) is 100 Å². The van der Waals surface area contributed by atoms with E-state index in [0.717, 1.165) is 77.8 Å². The summed E-state index contributed by atoms with van der Waals surface area (Å²) in [6.45, 7) is 6.77. The van der Waals surface area contributed by atoms with Crippen LogP contribution in [0.5, 0.6) is 0 Å². The first kappa shape index (κ1) is 33.9. The van der Waals surface area contributed by atoms with Crippen molar-refractivity contribution in [1.82, 2.24) is 9.80 Å². The van der Waals surface area contributed by atoms with Crippen molar-refractivity contribution < 1.29 is 38.0 Å². The number of cyclic esters (lactones) is 1. The number of halogens is 1. The van der Waals surface area contributed by atoms with Crippen LogP contribution in [0.3, 0.4) is 0 Å². The van der Waals surface area contributed by atoms with E-state index in [1.165, 1.54) is 0 Å². The second-order valence-corrected chi connectivity index (χ2v) is 13.0. The number of hydrogen-bond donors (Lipinski definition) is 0. The van der Waals surface area contributed by atoms with E-state index in [0.29, 0.717) is 38.9 Å². The number of alkyl halides is 1. The van der Waals surface area contributed by atoms with E-state index < -0.39 is 0 Å². The Balaban J connectivity index is 1.42. The molecule has 242 valence electrons. The third-order valence-electron chi connectivity index (χ3n) is 9.62. The number of rotatable bonds is 5. The number of ether oxygens (including phenoxy) is 6. The molecule has 2 aliphatic carbocycles. The molecule has 0 N–H and O–H groups in total. The van der Waals surface area contributed by atoms with Gasteiger partial charge in [0.1, 0.15) is 12.2 Å². The van der Waals surface area contributed by atoms with Crippen LogP contribution in [0.4, 0.5) is 0 Å². The second-order valence-electron chi connectivity index (χ2n) is 12.4. The van der Waals surface area contributed by atoms with Crippen LogP contribution in [0.15, 0.2) is 0 Å². The molecule has 0 aromatic rings. The molecule has 42 heavy (non-hydrogen) atoms. The molecule has 2 saturated carbocycles. The zero-order valence-corrected chi connectivity index (χ0v) is 26.6. The van der Waals surface area contributed by atoms with Crippen molar-refractivity contribution in [2.24, 2.45) is 11.8 Å². The second kappa shape index (κ2) is 17.5. The van der Waals surface area contributed by atoms with Gasteiger partial charge < -0.3 is 38.2 Å². The highest BCUT2D eigenvalue weighted by atomic mass is 35.5. The quantitative estimate of drug-likeness (QED) is 0.338. The SMILES string of the molecule is COC1CC(C(=O)OC2CCCOC3CC(CC(OC)C3OC)C(=O)OCCCN3CCCN(CC2)CC3)CCC1Cl. The molecular formula is C31H53ClN2O8. The number of methoxy groups -OCH3 is 3. The lowest BCUT2D eigenvalue weighted by molar-refractivity contribution is -0.172. The first-order valence-electron chi connectivity index (χ1n) is 16.1. The van der Waals surface area contributed by atoms with Crippen LogP contribution in [-0.4, -0.2) is 131 Å². The molecule has 0 amide bonds. The van der Waals surface area contributed by atoms with Crippen LogP contribution in [0.25, 0.3) is 0 Å². The molecule has 11 heteroatoms. The van der Waals surface area contributed by atoms with Gasteiger partial charge in [-0.25, -0.2) is 0 Å². The molecule has 0 spiro atoms. The van der Waals surface area contributed by atoms with Crippen molar-refractivity contribution in [3.8, 4) is 0 Å². The summed E-state index contributed by atoms with van der Waals surface area (Å²) >= 11 is 6.41. The summed E-state index contributed by atoms with van der Waals surface area (Å²) in [7, 11) is 4.97. The zero-order valence-electron chi connectivity index (χ0n) is 25.9. The van der Waals surface area contributed by atoms with E-state index in [9.17, 15) is 9.59 Å². The summed E-state index contributed by atoms with van der Waals surface area (Å²) in [4.78, 5) is 31.3. The van der Waals surface area contributed by atoms with E-state index in [1.54, 1.807) is 21.3 Å². The number of fused-ring (bicyclic) bond motifs is 5. The fourth-order valence-electron chi connectivity index (χ4n) is 7.05.